The molecule has 1 aliphatic heterocycles. The monoisotopic (exact) mass is 391 g/mol. The lowest BCUT2D eigenvalue weighted by atomic mass is 9.96. The molecule has 1 aliphatic rings. The second-order valence-corrected chi connectivity index (χ2v) is 8.41. The van der Waals surface area contributed by atoms with Gasteiger partial charge in [-0.15, -0.1) is 10.2 Å². The third-order valence-corrected chi connectivity index (χ3v) is 6.20. The number of benzene rings is 1. The lowest BCUT2D eigenvalue weighted by Crippen LogP contribution is -2.42. The number of anilines is 2. The molecular formula is C17H21N5O2S2. The lowest BCUT2D eigenvalue weighted by Gasteiger charge is -2.30. The van der Waals surface area contributed by atoms with Gasteiger partial charge in [0.25, 0.3) is 0 Å². The molecule has 9 heteroatoms. The van der Waals surface area contributed by atoms with Crippen LogP contribution in [0, 0.1) is 12.8 Å². The summed E-state index contributed by atoms with van der Waals surface area (Å²) < 4.78 is 0.750. The largest absolute Gasteiger partial charge is 0.369 e. The maximum absolute atomic E-state index is 12.3. The highest BCUT2D eigenvalue weighted by atomic mass is 32.2. The summed E-state index contributed by atoms with van der Waals surface area (Å²) in [5.41, 5.74) is 7.45. The average molecular weight is 392 g/mol. The number of hydrogen-bond donors (Lipinski definition) is 2. The zero-order valence-corrected chi connectivity index (χ0v) is 16.1. The van der Waals surface area contributed by atoms with Gasteiger partial charge in [-0.25, -0.2) is 0 Å². The van der Waals surface area contributed by atoms with Crippen LogP contribution in [0.3, 0.4) is 0 Å². The number of rotatable bonds is 6. The molecule has 0 atom stereocenters. The zero-order chi connectivity index (χ0) is 18.5. The molecule has 3 N–H and O–H groups in total. The summed E-state index contributed by atoms with van der Waals surface area (Å²) in [6.45, 7) is 3.21. The number of nitrogens with zero attached hydrogens (tertiary/aromatic N) is 3. The Morgan fingerprint density at radius 2 is 2.12 bits per heavy atom. The summed E-state index contributed by atoms with van der Waals surface area (Å²) in [6, 6.07) is 8.02. The van der Waals surface area contributed by atoms with Crippen molar-refractivity contribution in [3.63, 3.8) is 0 Å². The van der Waals surface area contributed by atoms with E-state index >= 15 is 0 Å². The van der Waals surface area contributed by atoms with Crippen molar-refractivity contribution >= 4 is 45.7 Å². The molecule has 1 fully saturated rings. The Labute approximate surface area is 160 Å². The van der Waals surface area contributed by atoms with Gasteiger partial charge in [-0.3, -0.25) is 9.59 Å². The summed E-state index contributed by atoms with van der Waals surface area (Å²) in [5, 5.41) is 12.2. The number of piperidine rings is 1. The number of aromatic nitrogens is 2. The van der Waals surface area contributed by atoms with E-state index in [0.29, 0.717) is 36.8 Å². The van der Waals surface area contributed by atoms with E-state index in [9.17, 15) is 9.59 Å². The second kappa shape index (κ2) is 8.50. The van der Waals surface area contributed by atoms with Crippen molar-refractivity contribution in [1.82, 2.24) is 15.1 Å². The van der Waals surface area contributed by atoms with Gasteiger partial charge in [0.1, 0.15) is 0 Å². The van der Waals surface area contributed by atoms with Crippen molar-refractivity contribution in [2.75, 3.05) is 24.2 Å². The normalized spacial score (nSPS) is 15.0. The molecule has 2 aromatic rings. The van der Waals surface area contributed by atoms with Crippen LogP contribution >= 0.6 is 23.1 Å². The Kier molecular flexibility index (Phi) is 6.10. The predicted molar refractivity (Wildman–Crippen MR) is 104 cm³/mol. The number of aryl methyl sites for hydroxylation is 1. The average Bonchev–Trinajstić information content (AvgIpc) is 3.07. The molecule has 26 heavy (non-hydrogen) atoms. The van der Waals surface area contributed by atoms with Crippen molar-refractivity contribution in [2.24, 2.45) is 11.7 Å². The molecule has 0 radical (unpaired) electrons. The summed E-state index contributed by atoms with van der Waals surface area (Å²) in [5.74, 6) is 0.000692. The third-order valence-electron chi connectivity index (χ3n) is 4.24. The lowest BCUT2D eigenvalue weighted by molar-refractivity contribution is -0.132. The minimum absolute atomic E-state index is 0.0568. The molecule has 7 nitrogen and oxygen atoms in total. The number of nitrogens with two attached hydrogens (primary N) is 1. The van der Waals surface area contributed by atoms with Crippen molar-refractivity contribution in [3.05, 3.63) is 29.8 Å². The number of thioether (sulfide) groups is 1. The van der Waals surface area contributed by atoms with E-state index in [-0.39, 0.29) is 17.7 Å². The number of likely N-dealkylation sites (tertiary alicyclic amines) is 1. The Hall–Kier alpha value is -2.13. The Bertz CT molecular complexity index is 787. The van der Waals surface area contributed by atoms with Crippen LogP contribution in [-0.4, -0.2) is 45.8 Å². The van der Waals surface area contributed by atoms with E-state index in [1.807, 2.05) is 31.2 Å². The first-order valence-corrected chi connectivity index (χ1v) is 10.2. The first-order valence-electron chi connectivity index (χ1n) is 8.38. The van der Waals surface area contributed by atoms with Gasteiger partial charge in [-0.05, 0) is 37.5 Å². The van der Waals surface area contributed by atoms with Gasteiger partial charge in [-0.2, -0.15) is 0 Å². The molecule has 0 bridgehead atoms. The van der Waals surface area contributed by atoms with Crippen LogP contribution in [0.5, 0.6) is 0 Å². The number of carbonyl (C=O) groups is 2. The second-order valence-electron chi connectivity index (χ2n) is 6.21. The molecule has 1 aromatic heterocycles. The summed E-state index contributed by atoms with van der Waals surface area (Å²) in [4.78, 5) is 25.3. The molecular weight excluding hydrogens is 370 g/mol. The number of hydrogen-bond acceptors (Lipinski definition) is 7. The topological polar surface area (TPSA) is 101 Å². The summed E-state index contributed by atoms with van der Waals surface area (Å²) in [7, 11) is 0. The van der Waals surface area contributed by atoms with Crippen molar-refractivity contribution in [1.29, 1.82) is 0 Å². The van der Waals surface area contributed by atoms with Gasteiger partial charge in [0.05, 0.1) is 5.75 Å². The van der Waals surface area contributed by atoms with E-state index < -0.39 is 0 Å². The first-order chi connectivity index (χ1) is 12.5. The van der Waals surface area contributed by atoms with Gasteiger partial charge < -0.3 is 16.0 Å². The SMILES string of the molecule is Cc1cccc(Nc2nnc(SCC(=O)N3CCC(C(N)=O)CC3)s2)c1. The van der Waals surface area contributed by atoms with Crippen LogP contribution in [0.4, 0.5) is 10.8 Å². The predicted octanol–water partition coefficient (Wildman–Crippen LogP) is 2.41. The van der Waals surface area contributed by atoms with Crippen molar-refractivity contribution < 1.29 is 9.59 Å². The standard InChI is InChI=1S/C17H21N5O2S2/c1-11-3-2-4-13(9-11)19-16-20-21-17(26-16)25-10-14(23)22-7-5-12(6-8-22)15(18)24/h2-4,9,12H,5-8,10H2,1H3,(H2,18,24)(H,19,20). The molecule has 2 amide bonds. The Morgan fingerprint density at radius 3 is 2.81 bits per heavy atom. The summed E-state index contributed by atoms with van der Waals surface area (Å²) >= 11 is 2.81. The minimum Gasteiger partial charge on any atom is -0.369 e. The summed E-state index contributed by atoms with van der Waals surface area (Å²) in [6.07, 6.45) is 1.30. The Balaban J connectivity index is 1.47. The molecule has 3 rings (SSSR count). The van der Waals surface area contributed by atoms with Crippen LogP contribution in [-0.2, 0) is 9.59 Å². The van der Waals surface area contributed by atoms with E-state index in [0.717, 1.165) is 10.0 Å². The fraction of sp³-hybridized carbons (Fsp3) is 0.412. The maximum atomic E-state index is 12.3. The highest BCUT2D eigenvalue weighted by Gasteiger charge is 2.25. The fourth-order valence-electron chi connectivity index (χ4n) is 2.79. The first kappa shape index (κ1) is 18.7. The van der Waals surface area contributed by atoms with Gasteiger partial charge in [0.15, 0.2) is 4.34 Å². The molecule has 138 valence electrons. The van der Waals surface area contributed by atoms with Crippen molar-refractivity contribution in [3.8, 4) is 0 Å². The molecule has 1 saturated heterocycles. The van der Waals surface area contributed by atoms with Crippen molar-refractivity contribution in [2.45, 2.75) is 24.1 Å². The number of nitrogens with one attached hydrogen (secondary N) is 1. The van der Waals surface area contributed by atoms with Gasteiger partial charge in [0.2, 0.25) is 16.9 Å². The van der Waals surface area contributed by atoms with Crippen LogP contribution in [0.2, 0.25) is 0 Å². The van der Waals surface area contributed by atoms with E-state index in [2.05, 4.69) is 15.5 Å². The van der Waals surface area contributed by atoms with E-state index in [1.54, 1.807) is 4.90 Å². The molecule has 2 heterocycles. The molecule has 0 aliphatic carbocycles. The quantitative estimate of drug-likeness (QED) is 0.733. The Morgan fingerprint density at radius 1 is 1.35 bits per heavy atom. The van der Waals surface area contributed by atoms with Crippen LogP contribution in [0.1, 0.15) is 18.4 Å². The van der Waals surface area contributed by atoms with Gasteiger partial charge >= 0.3 is 0 Å². The molecule has 0 saturated carbocycles. The zero-order valence-electron chi connectivity index (χ0n) is 14.5. The third kappa shape index (κ3) is 4.95. The van der Waals surface area contributed by atoms with Gasteiger partial charge in [0, 0.05) is 24.7 Å². The fourth-order valence-corrected chi connectivity index (χ4v) is 4.47. The smallest absolute Gasteiger partial charge is 0.233 e. The highest BCUT2D eigenvalue weighted by molar-refractivity contribution is 8.01. The van der Waals surface area contributed by atoms with E-state index in [4.69, 9.17) is 5.73 Å². The van der Waals surface area contributed by atoms with Crippen LogP contribution < -0.4 is 11.1 Å². The number of carbonyl (C=O) groups excluding carboxylic acids is 2. The molecule has 0 spiro atoms. The number of amides is 2. The van der Waals surface area contributed by atoms with Gasteiger partial charge in [-0.1, -0.05) is 35.2 Å². The van der Waals surface area contributed by atoms with Crippen LogP contribution in [0.25, 0.3) is 0 Å². The molecule has 0 unspecified atom stereocenters. The highest BCUT2D eigenvalue weighted by Crippen LogP contribution is 2.28. The molecule has 1 aromatic carbocycles. The van der Waals surface area contributed by atoms with E-state index in [1.165, 1.54) is 28.7 Å². The van der Waals surface area contributed by atoms with Crippen LogP contribution in [0.15, 0.2) is 28.6 Å². The number of primary amides is 1. The maximum Gasteiger partial charge on any atom is 0.233 e. The minimum atomic E-state index is -0.269.